The summed E-state index contributed by atoms with van der Waals surface area (Å²) >= 11 is 1.10. The summed E-state index contributed by atoms with van der Waals surface area (Å²) in [6, 6.07) is 2.50. The molecule has 0 heterocycles. The van der Waals surface area contributed by atoms with E-state index in [0.717, 1.165) is 17.8 Å². The van der Waals surface area contributed by atoms with Gasteiger partial charge < -0.3 is 5.11 Å². The number of hydrogen-bond acceptors (Lipinski definition) is 6. The average molecular weight is 281 g/mol. The molecular weight excluding hydrogens is 270 g/mol. The molecular formula is C12H11NO5S. The predicted molar refractivity (Wildman–Crippen MR) is 72.3 cm³/mol. The van der Waals surface area contributed by atoms with E-state index in [2.05, 4.69) is 0 Å². The molecule has 0 spiro atoms. The molecule has 0 amide bonds. The predicted octanol–water partition coefficient (Wildman–Crippen LogP) is 2.41. The van der Waals surface area contributed by atoms with Crippen molar-refractivity contribution in [2.45, 2.75) is 6.92 Å². The molecule has 0 saturated heterocycles. The van der Waals surface area contributed by atoms with Crippen molar-refractivity contribution < 1.29 is 19.6 Å². The van der Waals surface area contributed by atoms with Gasteiger partial charge in [0, 0.05) is 18.7 Å². The smallest absolute Gasteiger partial charge is 0.312 e. The van der Waals surface area contributed by atoms with Crippen molar-refractivity contribution in [1.82, 2.24) is 0 Å². The van der Waals surface area contributed by atoms with Crippen LogP contribution in [0, 0.1) is 10.1 Å². The molecule has 0 atom stereocenters. The summed E-state index contributed by atoms with van der Waals surface area (Å²) in [6.45, 7) is 1.44. The molecule has 1 N–H and O–H groups in total. The molecule has 0 aliphatic heterocycles. The van der Waals surface area contributed by atoms with E-state index < -0.39 is 16.4 Å². The van der Waals surface area contributed by atoms with Gasteiger partial charge in [-0.05, 0) is 11.6 Å². The zero-order valence-electron chi connectivity index (χ0n) is 10.0. The molecule has 1 aromatic rings. The van der Waals surface area contributed by atoms with Crippen molar-refractivity contribution in [2.75, 3.05) is 5.75 Å². The quantitative estimate of drug-likeness (QED) is 0.505. The number of hydrogen-bond donors (Lipinski definition) is 1. The highest BCUT2D eigenvalue weighted by Crippen LogP contribution is 2.30. The molecule has 0 radical (unpaired) electrons. The molecule has 7 heteroatoms. The number of nitro groups is 1. The Morgan fingerprint density at radius 3 is 2.74 bits per heavy atom. The minimum absolute atomic E-state index is 0.0325. The standard InChI is InChI=1S/C12H11NO5S/c1-8(15)19-4-2-3-9-5-10(7-14)12(16)11(6-9)13(17)18/h2-3,5-7,16H,4H2,1H3. The number of benzene rings is 1. The summed E-state index contributed by atoms with van der Waals surface area (Å²) in [6.07, 6.45) is 3.55. The summed E-state index contributed by atoms with van der Waals surface area (Å²) in [4.78, 5) is 31.4. The van der Waals surface area contributed by atoms with E-state index in [1.54, 1.807) is 12.2 Å². The van der Waals surface area contributed by atoms with Gasteiger partial charge in [0.2, 0.25) is 5.75 Å². The number of nitro benzene ring substituents is 1. The van der Waals surface area contributed by atoms with Gasteiger partial charge in [0.25, 0.3) is 0 Å². The van der Waals surface area contributed by atoms with E-state index in [4.69, 9.17) is 0 Å². The Kier molecular flexibility index (Phi) is 5.25. The number of aromatic hydroxyl groups is 1. The molecule has 0 unspecified atom stereocenters. The van der Waals surface area contributed by atoms with Crippen LogP contribution in [0.15, 0.2) is 18.2 Å². The molecule has 1 rings (SSSR count). The van der Waals surface area contributed by atoms with Crippen LogP contribution in [0.1, 0.15) is 22.8 Å². The van der Waals surface area contributed by atoms with Crippen molar-refractivity contribution in [3.05, 3.63) is 39.4 Å². The Balaban J connectivity index is 3.02. The van der Waals surface area contributed by atoms with Crippen molar-refractivity contribution in [1.29, 1.82) is 0 Å². The Bertz CT molecular complexity index is 553. The Hall–Kier alpha value is -2.15. The molecule has 0 bridgehead atoms. The lowest BCUT2D eigenvalue weighted by Crippen LogP contribution is -1.93. The molecule has 100 valence electrons. The van der Waals surface area contributed by atoms with Gasteiger partial charge in [0.15, 0.2) is 11.4 Å². The Morgan fingerprint density at radius 2 is 2.21 bits per heavy atom. The maximum Gasteiger partial charge on any atom is 0.312 e. The summed E-state index contributed by atoms with van der Waals surface area (Å²) in [5.74, 6) is -0.212. The zero-order chi connectivity index (χ0) is 14.4. The first kappa shape index (κ1) is 14.9. The van der Waals surface area contributed by atoms with Gasteiger partial charge in [-0.2, -0.15) is 0 Å². The molecule has 0 aromatic heterocycles. The van der Waals surface area contributed by atoms with Gasteiger partial charge >= 0.3 is 5.69 Å². The number of phenolic OH excluding ortho intramolecular Hbond substituents is 1. The van der Waals surface area contributed by atoms with Crippen LogP contribution in [0.2, 0.25) is 0 Å². The average Bonchev–Trinajstić information content (AvgIpc) is 2.35. The van der Waals surface area contributed by atoms with Crippen LogP contribution in [-0.4, -0.2) is 27.2 Å². The second-order valence-electron chi connectivity index (χ2n) is 3.56. The fourth-order valence-corrected chi connectivity index (χ4v) is 1.77. The third kappa shape index (κ3) is 4.22. The SMILES string of the molecule is CC(=O)SCC=Cc1cc(C=O)c(O)c([N+](=O)[O-])c1. The Labute approximate surface area is 113 Å². The summed E-state index contributed by atoms with van der Waals surface area (Å²) in [7, 11) is 0. The molecule has 0 aliphatic rings. The van der Waals surface area contributed by atoms with Crippen molar-refractivity contribution in [3.8, 4) is 5.75 Å². The topological polar surface area (TPSA) is 97.5 Å². The molecule has 0 fully saturated rings. The van der Waals surface area contributed by atoms with Crippen LogP contribution < -0.4 is 0 Å². The van der Waals surface area contributed by atoms with Gasteiger partial charge in [-0.15, -0.1) is 0 Å². The third-order valence-corrected chi connectivity index (χ3v) is 2.92. The van der Waals surface area contributed by atoms with E-state index in [0.29, 0.717) is 17.6 Å². The first-order valence-electron chi connectivity index (χ1n) is 5.22. The summed E-state index contributed by atoms with van der Waals surface area (Å²) in [5, 5.41) is 20.2. The summed E-state index contributed by atoms with van der Waals surface area (Å²) in [5.41, 5.74) is -0.257. The fraction of sp³-hybridized carbons (Fsp3) is 0.167. The highest BCUT2D eigenvalue weighted by atomic mass is 32.2. The van der Waals surface area contributed by atoms with Crippen molar-refractivity contribution >= 4 is 34.9 Å². The van der Waals surface area contributed by atoms with Gasteiger partial charge in [-0.25, -0.2) is 0 Å². The number of rotatable bonds is 5. The maximum absolute atomic E-state index is 10.7. The lowest BCUT2D eigenvalue weighted by atomic mass is 10.1. The second-order valence-corrected chi connectivity index (χ2v) is 4.75. The van der Waals surface area contributed by atoms with E-state index >= 15 is 0 Å². The van der Waals surface area contributed by atoms with Gasteiger partial charge in [-0.3, -0.25) is 19.7 Å². The summed E-state index contributed by atoms with van der Waals surface area (Å²) < 4.78 is 0. The highest BCUT2D eigenvalue weighted by molar-refractivity contribution is 8.13. The van der Waals surface area contributed by atoms with Crippen LogP contribution in [0.25, 0.3) is 6.08 Å². The van der Waals surface area contributed by atoms with Crippen LogP contribution in [0.3, 0.4) is 0 Å². The number of carbonyl (C=O) groups excluding carboxylic acids is 2. The maximum atomic E-state index is 10.7. The monoisotopic (exact) mass is 281 g/mol. The largest absolute Gasteiger partial charge is 0.502 e. The first-order valence-corrected chi connectivity index (χ1v) is 6.20. The van der Waals surface area contributed by atoms with E-state index in [1.165, 1.54) is 13.0 Å². The van der Waals surface area contributed by atoms with Crippen molar-refractivity contribution in [3.63, 3.8) is 0 Å². The lowest BCUT2D eigenvalue weighted by Gasteiger charge is -2.01. The van der Waals surface area contributed by atoms with Gasteiger partial charge in [0.1, 0.15) is 0 Å². The molecule has 19 heavy (non-hydrogen) atoms. The minimum atomic E-state index is -0.760. The first-order chi connectivity index (χ1) is 8.95. The zero-order valence-corrected chi connectivity index (χ0v) is 10.8. The minimum Gasteiger partial charge on any atom is -0.502 e. The highest BCUT2D eigenvalue weighted by Gasteiger charge is 2.17. The normalized spacial score (nSPS) is 10.6. The number of phenols is 1. The van der Waals surface area contributed by atoms with Crippen LogP contribution in [0.5, 0.6) is 5.75 Å². The number of carbonyl (C=O) groups is 2. The second kappa shape index (κ2) is 6.69. The number of aldehydes is 1. The van der Waals surface area contributed by atoms with Gasteiger partial charge in [-0.1, -0.05) is 23.9 Å². The molecule has 6 nitrogen and oxygen atoms in total. The third-order valence-electron chi connectivity index (χ3n) is 2.16. The van der Waals surface area contributed by atoms with Crippen molar-refractivity contribution in [2.24, 2.45) is 0 Å². The molecule has 0 aliphatic carbocycles. The van der Waals surface area contributed by atoms with E-state index in [9.17, 15) is 24.8 Å². The van der Waals surface area contributed by atoms with E-state index in [-0.39, 0.29) is 10.7 Å². The van der Waals surface area contributed by atoms with Crippen LogP contribution in [0.4, 0.5) is 5.69 Å². The van der Waals surface area contributed by atoms with Gasteiger partial charge in [0.05, 0.1) is 10.5 Å². The number of thioether (sulfide) groups is 1. The number of nitrogens with zero attached hydrogens (tertiary/aromatic N) is 1. The molecule has 1 aromatic carbocycles. The van der Waals surface area contributed by atoms with E-state index in [1.807, 2.05) is 0 Å². The van der Waals surface area contributed by atoms with Crippen LogP contribution >= 0.6 is 11.8 Å². The fourth-order valence-electron chi connectivity index (χ4n) is 1.34. The van der Waals surface area contributed by atoms with Crippen LogP contribution in [-0.2, 0) is 4.79 Å². The lowest BCUT2D eigenvalue weighted by molar-refractivity contribution is -0.385. The Morgan fingerprint density at radius 1 is 1.53 bits per heavy atom. The molecule has 0 saturated carbocycles.